The van der Waals surface area contributed by atoms with Crippen LogP contribution in [0.5, 0.6) is 0 Å². The van der Waals surface area contributed by atoms with Crippen molar-refractivity contribution in [2.75, 3.05) is 5.32 Å². The summed E-state index contributed by atoms with van der Waals surface area (Å²) in [6, 6.07) is 7.97. The highest BCUT2D eigenvalue weighted by molar-refractivity contribution is 5.97. The lowest BCUT2D eigenvalue weighted by atomic mass is 10.1. The maximum atomic E-state index is 13.3. The molecule has 0 aliphatic carbocycles. The van der Waals surface area contributed by atoms with Crippen molar-refractivity contribution in [1.29, 1.82) is 0 Å². The SMILES string of the molecule is Cc1ccc(C(=O)O[C@H](C)C(=O)Nc2ccc(F)c([N+](=O)[O-])c2)cc1C. The molecule has 1 N–H and O–H groups in total. The standard InChI is InChI=1S/C18H17FN2O5/c1-10-4-5-13(8-11(10)2)18(23)26-12(3)17(22)20-14-6-7-15(19)16(9-14)21(24)25/h4-9,12H,1-3H3,(H,20,22)/t12-/m1/s1. The molecular weight excluding hydrogens is 343 g/mol. The molecule has 8 heteroatoms. The summed E-state index contributed by atoms with van der Waals surface area (Å²) in [6.07, 6.45) is -1.15. The van der Waals surface area contributed by atoms with Gasteiger partial charge in [-0.2, -0.15) is 4.39 Å². The van der Waals surface area contributed by atoms with Crippen LogP contribution >= 0.6 is 0 Å². The van der Waals surface area contributed by atoms with Crippen molar-refractivity contribution in [2.45, 2.75) is 26.9 Å². The first-order valence-electron chi connectivity index (χ1n) is 7.72. The number of nitro groups is 1. The van der Waals surface area contributed by atoms with Crippen LogP contribution in [0.15, 0.2) is 36.4 Å². The Bertz CT molecular complexity index is 882. The summed E-state index contributed by atoms with van der Waals surface area (Å²) in [5.41, 5.74) is 1.50. The van der Waals surface area contributed by atoms with E-state index in [1.807, 2.05) is 13.8 Å². The average molecular weight is 360 g/mol. The molecule has 0 aromatic heterocycles. The lowest BCUT2D eigenvalue weighted by molar-refractivity contribution is -0.387. The molecule has 0 unspecified atom stereocenters. The summed E-state index contributed by atoms with van der Waals surface area (Å²) in [5.74, 6) is -2.37. The van der Waals surface area contributed by atoms with Crippen LogP contribution in [0.4, 0.5) is 15.8 Å². The third kappa shape index (κ3) is 4.41. The molecule has 0 fully saturated rings. The summed E-state index contributed by atoms with van der Waals surface area (Å²) in [5, 5.41) is 13.1. The average Bonchev–Trinajstić information content (AvgIpc) is 2.58. The number of ether oxygens (including phenoxy) is 1. The molecule has 0 spiro atoms. The van der Waals surface area contributed by atoms with E-state index >= 15 is 0 Å². The Morgan fingerprint density at radius 1 is 1.15 bits per heavy atom. The van der Waals surface area contributed by atoms with Crippen LogP contribution in [0.25, 0.3) is 0 Å². The van der Waals surface area contributed by atoms with Gasteiger partial charge in [-0.25, -0.2) is 4.79 Å². The maximum Gasteiger partial charge on any atom is 0.338 e. The minimum atomic E-state index is -1.15. The van der Waals surface area contributed by atoms with Gasteiger partial charge in [0, 0.05) is 11.8 Å². The van der Waals surface area contributed by atoms with Crippen molar-refractivity contribution in [1.82, 2.24) is 0 Å². The van der Waals surface area contributed by atoms with Gasteiger partial charge in [-0.3, -0.25) is 14.9 Å². The smallest absolute Gasteiger partial charge is 0.338 e. The normalized spacial score (nSPS) is 11.5. The fourth-order valence-electron chi connectivity index (χ4n) is 2.12. The van der Waals surface area contributed by atoms with Gasteiger partial charge in [-0.15, -0.1) is 0 Å². The molecule has 2 rings (SSSR count). The van der Waals surface area contributed by atoms with E-state index in [0.717, 1.165) is 23.3 Å². The fourth-order valence-corrected chi connectivity index (χ4v) is 2.12. The molecule has 2 aromatic carbocycles. The third-order valence-corrected chi connectivity index (χ3v) is 3.81. The number of halogens is 1. The van der Waals surface area contributed by atoms with Gasteiger partial charge in [0.05, 0.1) is 10.5 Å². The number of aryl methyl sites for hydroxylation is 2. The molecule has 0 saturated heterocycles. The Hall–Kier alpha value is -3.29. The van der Waals surface area contributed by atoms with E-state index in [-0.39, 0.29) is 5.69 Å². The molecule has 2 aromatic rings. The molecule has 26 heavy (non-hydrogen) atoms. The second-order valence-electron chi connectivity index (χ2n) is 5.76. The van der Waals surface area contributed by atoms with E-state index in [2.05, 4.69) is 5.32 Å². The number of esters is 1. The molecule has 0 radical (unpaired) electrons. The van der Waals surface area contributed by atoms with Crippen molar-refractivity contribution in [3.05, 3.63) is 69.0 Å². The lowest BCUT2D eigenvalue weighted by Crippen LogP contribution is -2.30. The number of amides is 1. The van der Waals surface area contributed by atoms with Crippen LogP contribution in [0.1, 0.15) is 28.4 Å². The van der Waals surface area contributed by atoms with Gasteiger partial charge in [-0.05, 0) is 56.2 Å². The minimum Gasteiger partial charge on any atom is -0.449 e. The summed E-state index contributed by atoms with van der Waals surface area (Å²) in [7, 11) is 0. The molecule has 0 saturated carbocycles. The van der Waals surface area contributed by atoms with Crippen LogP contribution in [-0.4, -0.2) is 22.9 Å². The van der Waals surface area contributed by atoms with Gasteiger partial charge >= 0.3 is 11.7 Å². The van der Waals surface area contributed by atoms with E-state index < -0.39 is 34.4 Å². The first-order valence-corrected chi connectivity index (χ1v) is 7.72. The second-order valence-corrected chi connectivity index (χ2v) is 5.76. The van der Waals surface area contributed by atoms with Crippen LogP contribution < -0.4 is 5.32 Å². The third-order valence-electron chi connectivity index (χ3n) is 3.81. The van der Waals surface area contributed by atoms with Crippen molar-refractivity contribution < 1.29 is 23.6 Å². The highest BCUT2D eigenvalue weighted by Crippen LogP contribution is 2.22. The molecule has 0 aliphatic heterocycles. The number of hydrogen-bond acceptors (Lipinski definition) is 5. The molecule has 7 nitrogen and oxygen atoms in total. The van der Waals surface area contributed by atoms with E-state index in [4.69, 9.17) is 4.74 Å². The summed E-state index contributed by atoms with van der Waals surface area (Å²) in [4.78, 5) is 34.1. The topological polar surface area (TPSA) is 98.5 Å². The monoisotopic (exact) mass is 360 g/mol. The first kappa shape index (κ1) is 19.0. The molecule has 0 aliphatic rings. The molecule has 1 amide bonds. The Kier molecular flexibility index (Phi) is 5.66. The molecule has 0 heterocycles. The van der Waals surface area contributed by atoms with E-state index in [9.17, 15) is 24.1 Å². The molecule has 136 valence electrons. The zero-order chi connectivity index (χ0) is 19.4. The molecule has 1 atom stereocenters. The molecular formula is C18H17FN2O5. The van der Waals surface area contributed by atoms with E-state index in [1.165, 1.54) is 13.0 Å². The van der Waals surface area contributed by atoms with Gasteiger partial charge in [0.2, 0.25) is 5.82 Å². The largest absolute Gasteiger partial charge is 0.449 e. The second kappa shape index (κ2) is 7.73. The number of anilines is 1. The Morgan fingerprint density at radius 3 is 2.46 bits per heavy atom. The van der Waals surface area contributed by atoms with E-state index in [1.54, 1.807) is 18.2 Å². The number of carbonyl (C=O) groups excluding carboxylic acids is 2. The minimum absolute atomic E-state index is 0.0252. The van der Waals surface area contributed by atoms with Crippen molar-refractivity contribution in [2.24, 2.45) is 0 Å². The number of nitrogens with zero attached hydrogens (tertiary/aromatic N) is 1. The van der Waals surface area contributed by atoms with Gasteiger partial charge in [0.1, 0.15) is 0 Å². The van der Waals surface area contributed by atoms with Gasteiger partial charge < -0.3 is 10.1 Å². The van der Waals surface area contributed by atoms with Crippen molar-refractivity contribution >= 4 is 23.3 Å². The zero-order valence-corrected chi connectivity index (χ0v) is 14.4. The summed E-state index contributed by atoms with van der Waals surface area (Å²) < 4.78 is 18.4. The Labute approximate surface area is 148 Å². The quantitative estimate of drug-likeness (QED) is 0.500. The number of hydrogen-bond donors (Lipinski definition) is 1. The van der Waals surface area contributed by atoms with E-state index in [0.29, 0.717) is 5.56 Å². The van der Waals surface area contributed by atoms with Gasteiger partial charge in [-0.1, -0.05) is 6.07 Å². The number of benzene rings is 2. The first-order chi connectivity index (χ1) is 12.2. The highest BCUT2D eigenvalue weighted by atomic mass is 19.1. The van der Waals surface area contributed by atoms with Crippen LogP contribution in [0.2, 0.25) is 0 Å². The van der Waals surface area contributed by atoms with Crippen molar-refractivity contribution in [3.8, 4) is 0 Å². The Morgan fingerprint density at radius 2 is 1.85 bits per heavy atom. The zero-order valence-electron chi connectivity index (χ0n) is 14.4. The summed E-state index contributed by atoms with van der Waals surface area (Å²) in [6.45, 7) is 5.12. The van der Waals surface area contributed by atoms with Gasteiger partial charge in [0.15, 0.2) is 6.10 Å². The molecule has 0 bridgehead atoms. The van der Waals surface area contributed by atoms with Crippen molar-refractivity contribution in [3.63, 3.8) is 0 Å². The highest BCUT2D eigenvalue weighted by Gasteiger charge is 2.21. The summed E-state index contributed by atoms with van der Waals surface area (Å²) >= 11 is 0. The number of carbonyl (C=O) groups is 2. The predicted octanol–water partition coefficient (Wildman–Crippen LogP) is 3.53. The maximum absolute atomic E-state index is 13.3. The van der Waals surface area contributed by atoms with Crippen LogP contribution in [0, 0.1) is 29.8 Å². The number of nitrogens with one attached hydrogen (secondary N) is 1. The number of nitro benzene ring substituents is 1. The lowest BCUT2D eigenvalue weighted by Gasteiger charge is -2.14. The van der Waals surface area contributed by atoms with Gasteiger partial charge in [0.25, 0.3) is 5.91 Å². The Balaban J connectivity index is 2.05. The van der Waals surface area contributed by atoms with Crippen LogP contribution in [-0.2, 0) is 9.53 Å². The predicted molar refractivity (Wildman–Crippen MR) is 92.5 cm³/mol. The number of rotatable bonds is 5. The van der Waals surface area contributed by atoms with Crippen LogP contribution in [0.3, 0.4) is 0 Å². The fraction of sp³-hybridized carbons (Fsp3) is 0.222.